The van der Waals surface area contributed by atoms with Crippen molar-refractivity contribution in [3.8, 4) is 0 Å². The van der Waals surface area contributed by atoms with Crippen molar-refractivity contribution >= 4 is 16.1 Å². The number of hydrogen-bond acceptors (Lipinski definition) is 3. The largest absolute Gasteiger partial charge is 0.333 e. The molecule has 0 unspecified atom stereocenters. The van der Waals surface area contributed by atoms with Gasteiger partial charge < -0.3 is 10.2 Å². The number of rotatable bonds is 3. The molecule has 0 aliphatic carbocycles. The Bertz CT molecular complexity index is 698. The predicted octanol–water partition coefficient (Wildman–Crippen LogP) is 2.62. The van der Waals surface area contributed by atoms with Gasteiger partial charge in [-0.15, -0.1) is 0 Å². The van der Waals surface area contributed by atoms with Crippen LogP contribution in [0.1, 0.15) is 46.1 Å². The average molecular weight is 368 g/mol. The number of amides is 2. The molecule has 1 aliphatic heterocycles. The first-order valence-corrected chi connectivity index (χ1v) is 10.1. The van der Waals surface area contributed by atoms with Gasteiger partial charge in [-0.1, -0.05) is 26.0 Å². The van der Waals surface area contributed by atoms with E-state index in [2.05, 4.69) is 19.2 Å². The summed E-state index contributed by atoms with van der Waals surface area (Å²) < 4.78 is 27.0. The van der Waals surface area contributed by atoms with Crippen LogP contribution in [-0.2, 0) is 10.0 Å². The summed E-state index contributed by atoms with van der Waals surface area (Å²) >= 11 is 0. The molecule has 1 aliphatic rings. The number of hydrogen-bond donors (Lipinski definition) is 1. The minimum Gasteiger partial charge on any atom is -0.333 e. The third-order valence-electron chi connectivity index (χ3n) is 4.19. The molecule has 2 amide bonds. The molecule has 7 heteroatoms. The molecule has 0 bridgehead atoms. The Morgan fingerprint density at radius 1 is 1.04 bits per heavy atom. The Balaban J connectivity index is 2.02. The number of nitrogens with one attached hydrogen (secondary N) is 1. The van der Waals surface area contributed by atoms with Gasteiger partial charge in [-0.3, -0.25) is 0 Å². The summed E-state index contributed by atoms with van der Waals surface area (Å²) in [6.07, 6.45) is 0. The van der Waals surface area contributed by atoms with Crippen LogP contribution < -0.4 is 5.32 Å². The number of carbonyl (C=O) groups excluding carboxylic acids is 1. The van der Waals surface area contributed by atoms with E-state index in [1.165, 1.54) is 4.31 Å². The molecule has 1 fully saturated rings. The van der Waals surface area contributed by atoms with Crippen molar-refractivity contribution in [3.05, 3.63) is 29.8 Å². The summed E-state index contributed by atoms with van der Waals surface area (Å²) in [5.74, 6) is 0.363. The highest BCUT2D eigenvalue weighted by molar-refractivity contribution is 7.89. The third kappa shape index (κ3) is 4.95. The van der Waals surface area contributed by atoms with Gasteiger partial charge in [0.2, 0.25) is 10.0 Å². The molecule has 1 saturated heterocycles. The van der Waals surface area contributed by atoms with E-state index in [1.54, 1.807) is 17.0 Å². The molecule has 1 N–H and O–H groups in total. The molecule has 140 valence electrons. The summed E-state index contributed by atoms with van der Waals surface area (Å²) in [5.41, 5.74) is 0.806. The molecule has 0 spiro atoms. The van der Waals surface area contributed by atoms with E-state index in [-0.39, 0.29) is 11.6 Å². The lowest BCUT2D eigenvalue weighted by atomic mass is 10.0. The molecular weight excluding hydrogens is 338 g/mol. The summed E-state index contributed by atoms with van der Waals surface area (Å²) in [6.45, 7) is 11.3. The Morgan fingerprint density at radius 2 is 1.56 bits per heavy atom. The maximum atomic E-state index is 12.8. The quantitative estimate of drug-likeness (QED) is 0.893. The molecule has 0 saturated carbocycles. The maximum Gasteiger partial charge on any atom is 0.317 e. The molecule has 0 atom stereocenters. The smallest absolute Gasteiger partial charge is 0.317 e. The van der Waals surface area contributed by atoms with Gasteiger partial charge in [0.05, 0.1) is 4.90 Å². The van der Waals surface area contributed by atoms with Gasteiger partial charge in [-0.25, -0.2) is 13.2 Å². The Labute approximate surface area is 151 Å². The van der Waals surface area contributed by atoms with Crippen LogP contribution in [-0.4, -0.2) is 55.4 Å². The molecule has 2 rings (SSSR count). The maximum absolute atomic E-state index is 12.8. The Morgan fingerprint density at radius 3 is 2.00 bits per heavy atom. The third-order valence-corrected chi connectivity index (χ3v) is 6.11. The first kappa shape index (κ1) is 19.7. The second-order valence-electron chi connectivity index (χ2n) is 7.80. The molecule has 1 aromatic rings. The zero-order chi connectivity index (χ0) is 18.8. The molecule has 0 radical (unpaired) electrons. The molecule has 25 heavy (non-hydrogen) atoms. The lowest BCUT2D eigenvalue weighted by Crippen LogP contribution is -2.55. The highest BCUT2D eigenvalue weighted by Gasteiger charge is 2.31. The number of carbonyl (C=O) groups is 1. The van der Waals surface area contributed by atoms with Crippen LogP contribution >= 0.6 is 0 Å². The molecule has 1 heterocycles. The predicted molar refractivity (Wildman–Crippen MR) is 99.1 cm³/mol. The van der Waals surface area contributed by atoms with Crippen molar-refractivity contribution in [2.75, 3.05) is 26.2 Å². The van der Waals surface area contributed by atoms with Crippen molar-refractivity contribution in [3.63, 3.8) is 0 Å². The second-order valence-corrected chi connectivity index (χ2v) is 9.73. The van der Waals surface area contributed by atoms with Crippen molar-refractivity contribution in [2.45, 2.75) is 51.0 Å². The number of urea groups is 1. The number of nitrogens with zero attached hydrogens (tertiary/aromatic N) is 2. The lowest BCUT2D eigenvalue weighted by molar-refractivity contribution is 0.165. The van der Waals surface area contributed by atoms with E-state index in [4.69, 9.17) is 0 Å². The van der Waals surface area contributed by atoms with Crippen LogP contribution in [0.15, 0.2) is 29.2 Å². The number of piperazine rings is 1. The first-order valence-electron chi connectivity index (χ1n) is 8.68. The topological polar surface area (TPSA) is 69.7 Å². The van der Waals surface area contributed by atoms with E-state index >= 15 is 0 Å². The molecule has 0 aromatic heterocycles. The first-order chi connectivity index (χ1) is 11.5. The van der Waals surface area contributed by atoms with Gasteiger partial charge in [0.15, 0.2) is 0 Å². The summed E-state index contributed by atoms with van der Waals surface area (Å²) in [5, 5.41) is 2.91. The minimum absolute atomic E-state index is 0.147. The van der Waals surface area contributed by atoms with Gasteiger partial charge in [0.1, 0.15) is 0 Å². The van der Waals surface area contributed by atoms with Crippen molar-refractivity contribution in [1.82, 2.24) is 14.5 Å². The van der Waals surface area contributed by atoms with E-state index < -0.39 is 10.0 Å². The summed E-state index contributed by atoms with van der Waals surface area (Å²) in [7, 11) is -3.51. The fraction of sp³-hybridized carbons (Fsp3) is 0.611. The number of benzene rings is 1. The van der Waals surface area contributed by atoms with Gasteiger partial charge >= 0.3 is 6.03 Å². The van der Waals surface area contributed by atoms with Crippen molar-refractivity contribution in [1.29, 1.82) is 0 Å². The average Bonchev–Trinajstić information content (AvgIpc) is 2.53. The monoisotopic (exact) mass is 367 g/mol. The van der Waals surface area contributed by atoms with Crippen molar-refractivity contribution < 1.29 is 13.2 Å². The zero-order valence-corrected chi connectivity index (χ0v) is 16.6. The van der Waals surface area contributed by atoms with Crippen LogP contribution in [0.3, 0.4) is 0 Å². The van der Waals surface area contributed by atoms with Crippen LogP contribution in [0, 0.1) is 0 Å². The fourth-order valence-corrected chi connectivity index (χ4v) is 4.13. The lowest BCUT2D eigenvalue weighted by Gasteiger charge is -2.35. The van der Waals surface area contributed by atoms with E-state index in [0.29, 0.717) is 37.0 Å². The van der Waals surface area contributed by atoms with Crippen LogP contribution in [0.5, 0.6) is 0 Å². The van der Waals surface area contributed by atoms with Crippen LogP contribution in [0.25, 0.3) is 0 Å². The molecule has 1 aromatic carbocycles. The fourth-order valence-electron chi connectivity index (χ4n) is 2.71. The molecular formula is C18H29N3O3S. The van der Waals surface area contributed by atoms with Crippen LogP contribution in [0.4, 0.5) is 4.79 Å². The van der Waals surface area contributed by atoms with Gasteiger partial charge in [0.25, 0.3) is 0 Å². The minimum atomic E-state index is -3.51. The van der Waals surface area contributed by atoms with E-state index in [1.807, 2.05) is 32.9 Å². The van der Waals surface area contributed by atoms with Crippen molar-refractivity contribution in [2.24, 2.45) is 0 Å². The standard InChI is InChI=1S/C18H29N3O3S/c1-14(2)15-6-8-16(9-7-15)25(23,24)21-12-10-20(11-13-21)17(22)19-18(3,4)5/h6-9,14H,10-13H2,1-5H3,(H,19,22). The zero-order valence-electron chi connectivity index (χ0n) is 15.7. The summed E-state index contributed by atoms with van der Waals surface area (Å²) in [4.78, 5) is 14.2. The van der Waals surface area contributed by atoms with Crippen LogP contribution in [0.2, 0.25) is 0 Å². The highest BCUT2D eigenvalue weighted by atomic mass is 32.2. The second kappa shape index (κ2) is 7.33. The molecule has 6 nitrogen and oxygen atoms in total. The van der Waals surface area contributed by atoms with Gasteiger partial charge in [-0.05, 0) is 44.4 Å². The summed E-state index contributed by atoms with van der Waals surface area (Å²) in [6, 6.07) is 6.92. The van der Waals surface area contributed by atoms with E-state index in [0.717, 1.165) is 5.56 Å². The number of sulfonamides is 1. The van der Waals surface area contributed by atoms with Gasteiger partial charge in [-0.2, -0.15) is 4.31 Å². The Kier molecular flexibility index (Phi) is 5.79. The van der Waals surface area contributed by atoms with Gasteiger partial charge in [0, 0.05) is 31.7 Å². The normalized spacial score (nSPS) is 17.0. The highest BCUT2D eigenvalue weighted by Crippen LogP contribution is 2.21. The Hall–Kier alpha value is -1.60. The van der Waals surface area contributed by atoms with E-state index in [9.17, 15) is 13.2 Å². The SMILES string of the molecule is CC(C)c1ccc(S(=O)(=O)N2CCN(C(=O)NC(C)(C)C)CC2)cc1.